The smallest absolute Gasteiger partial charge is 0.359 e. The summed E-state index contributed by atoms with van der Waals surface area (Å²) in [6.45, 7) is -0.521. The summed E-state index contributed by atoms with van der Waals surface area (Å²) in [5, 5.41) is 11.3. The second-order valence-corrected chi connectivity index (χ2v) is 4.10. The lowest BCUT2D eigenvalue weighted by atomic mass is 10.2. The zero-order chi connectivity index (χ0) is 15.9. The number of benzene rings is 1. The first-order valence-electron chi connectivity index (χ1n) is 6.12. The fourth-order valence-corrected chi connectivity index (χ4v) is 1.54. The van der Waals surface area contributed by atoms with Gasteiger partial charge >= 0.3 is 11.9 Å². The number of esters is 1. The number of carboxylic acids is 1. The molecule has 1 aromatic carbocycles. The van der Waals surface area contributed by atoms with Crippen LogP contribution in [0, 0.1) is 0 Å². The minimum Gasteiger partial charge on any atom is -0.478 e. The van der Waals surface area contributed by atoms with E-state index in [9.17, 15) is 14.4 Å². The Bertz CT molecular complexity index is 703. The van der Waals surface area contributed by atoms with Crippen molar-refractivity contribution in [3.8, 4) is 0 Å². The van der Waals surface area contributed by atoms with Gasteiger partial charge in [0.25, 0.3) is 5.91 Å². The topological polar surface area (TPSA) is 118 Å². The Labute approximate surface area is 124 Å². The maximum Gasteiger partial charge on any atom is 0.359 e. The van der Waals surface area contributed by atoms with Gasteiger partial charge in [-0.15, -0.1) is 0 Å². The Kier molecular flexibility index (Phi) is 4.76. The molecule has 0 spiro atoms. The van der Waals surface area contributed by atoms with Crippen molar-refractivity contribution in [1.29, 1.82) is 0 Å². The van der Waals surface area contributed by atoms with Gasteiger partial charge in [-0.2, -0.15) is 0 Å². The van der Waals surface area contributed by atoms with Crippen LogP contribution in [-0.2, 0) is 9.53 Å². The van der Waals surface area contributed by atoms with Crippen LogP contribution in [0.15, 0.2) is 42.9 Å². The number of hydrogen-bond acceptors (Lipinski definition) is 6. The van der Waals surface area contributed by atoms with Gasteiger partial charge in [0, 0.05) is 18.1 Å². The van der Waals surface area contributed by atoms with Gasteiger partial charge in [-0.25, -0.2) is 14.6 Å². The van der Waals surface area contributed by atoms with E-state index in [-0.39, 0.29) is 11.3 Å². The van der Waals surface area contributed by atoms with Gasteiger partial charge in [-0.3, -0.25) is 9.78 Å². The quantitative estimate of drug-likeness (QED) is 0.790. The van der Waals surface area contributed by atoms with Gasteiger partial charge in [0.1, 0.15) is 0 Å². The molecule has 0 saturated heterocycles. The van der Waals surface area contributed by atoms with E-state index in [0.717, 1.165) is 0 Å². The lowest BCUT2D eigenvalue weighted by Crippen LogP contribution is -2.21. The number of aromatic nitrogens is 2. The standard InChI is InChI=1S/C14H11N3O5/c18-12(8-22-14(21)11-7-15-4-5-16-11)17-10-3-1-2-9(6-10)13(19)20/h1-7H,8H2,(H,17,18)(H,19,20). The predicted molar refractivity (Wildman–Crippen MR) is 74.3 cm³/mol. The highest BCUT2D eigenvalue weighted by Gasteiger charge is 2.12. The van der Waals surface area contributed by atoms with Crippen LogP contribution in [0.25, 0.3) is 0 Å². The molecule has 0 unspecified atom stereocenters. The van der Waals surface area contributed by atoms with Crippen LogP contribution in [0.5, 0.6) is 0 Å². The number of anilines is 1. The first kappa shape index (κ1) is 15.1. The van der Waals surface area contributed by atoms with Crippen LogP contribution in [0.1, 0.15) is 20.8 Å². The first-order valence-corrected chi connectivity index (χ1v) is 6.12. The Hall–Kier alpha value is -3.29. The van der Waals surface area contributed by atoms with E-state index < -0.39 is 24.5 Å². The molecule has 1 heterocycles. The zero-order valence-corrected chi connectivity index (χ0v) is 11.2. The van der Waals surface area contributed by atoms with Crippen LogP contribution >= 0.6 is 0 Å². The number of amides is 1. The van der Waals surface area contributed by atoms with Crippen LogP contribution < -0.4 is 5.32 Å². The van der Waals surface area contributed by atoms with Crippen LogP contribution in [0.2, 0.25) is 0 Å². The van der Waals surface area contributed by atoms with Crippen LogP contribution in [0.3, 0.4) is 0 Å². The van der Waals surface area contributed by atoms with Crippen molar-refractivity contribution in [2.24, 2.45) is 0 Å². The summed E-state index contributed by atoms with van der Waals surface area (Å²) in [5.41, 5.74) is 0.318. The molecule has 0 aliphatic carbocycles. The van der Waals surface area contributed by atoms with Crippen molar-refractivity contribution in [3.63, 3.8) is 0 Å². The SMILES string of the molecule is O=C(COC(=O)c1cnccn1)Nc1cccc(C(=O)O)c1. The molecule has 1 amide bonds. The third-order valence-electron chi connectivity index (χ3n) is 2.50. The number of carbonyl (C=O) groups is 3. The molecular weight excluding hydrogens is 290 g/mol. The number of carbonyl (C=O) groups excluding carboxylic acids is 2. The summed E-state index contributed by atoms with van der Waals surface area (Å²) in [6.07, 6.45) is 3.95. The van der Waals surface area contributed by atoms with Gasteiger partial charge in [-0.05, 0) is 18.2 Å². The number of ether oxygens (including phenoxy) is 1. The molecule has 2 rings (SSSR count). The molecule has 2 N–H and O–H groups in total. The Morgan fingerprint density at radius 1 is 1.23 bits per heavy atom. The number of rotatable bonds is 5. The monoisotopic (exact) mass is 301 g/mol. The zero-order valence-electron chi connectivity index (χ0n) is 11.2. The first-order chi connectivity index (χ1) is 10.6. The lowest BCUT2D eigenvalue weighted by Gasteiger charge is -2.06. The molecule has 0 fully saturated rings. The fourth-order valence-electron chi connectivity index (χ4n) is 1.54. The van der Waals surface area contributed by atoms with Crippen LogP contribution in [0.4, 0.5) is 5.69 Å². The van der Waals surface area contributed by atoms with Gasteiger partial charge in [-0.1, -0.05) is 6.07 Å². The molecule has 22 heavy (non-hydrogen) atoms. The largest absolute Gasteiger partial charge is 0.478 e. The van der Waals surface area contributed by atoms with Crippen molar-refractivity contribution >= 4 is 23.5 Å². The van der Waals surface area contributed by atoms with E-state index >= 15 is 0 Å². The number of nitrogens with one attached hydrogen (secondary N) is 1. The van der Waals surface area contributed by atoms with E-state index in [2.05, 4.69) is 15.3 Å². The molecule has 0 aliphatic heterocycles. The fraction of sp³-hybridized carbons (Fsp3) is 0.0714. The summed E-state index contributed by atoms with van der Waals surface area (Å²) in [7, 11) is 0. The molecule has 0 aliphatic rings. The van der Waals surface area contributed by atoms with Crippen LogP contribution in [-0.4, -0.2) is 39.5 Å². The molecular formula is C14H11N3O5. The summed E-state index contributed by atoms with van der Waals surface area (Å²) in [6, 6.07) is 5.70. The normalized spacial score (nSPS) is 9.82. The van der Waals surface area contributed by atoms with E-state index in [1.54, 1.807) is 0 Å². The van der Waals surface area contributed by atoms with E-state index in [1.807, 2.05) is 0 Å². The molecule has 8 heteroatoms. The van der Waals surface area contributed by atoms with Gasteiger partial charge in [0.2, 0.25) is 0 Å². The third-order valence-corrected chi connectivity index (χ3v) is 2.50. The molecule has 8 nitrogen and oxygen atoms in total. The highest BCUT2D eigenvalue weighted by atomic mass is 16.5. The maximum absolute atomic E-state index is 11.7. The molecule has 2 aromatic rings. The summed E-state index contributed by atoms with van der Waals surface area (Å²) >= 11 is 0. The molecule has 0 atom stereocenters. The average Bonchev–Trinajstić information content (AvgIpc) is 2.53. The summed E-state index contributed by atoms with van der Waals surface area (Å²) in [5.74, 6) is -2.48. The van der Waals surface area contributed by atoms with Crippen molar-refractivity contribution < 1.29 is 24.2 Å². The Morgan fingerprint density at radius 2 is 2.05 bits per heavy atom. The van der Waals surface area contributed by atoms with Gasteiger partial charge in [0.15, 0.2) is 12.3 Å². The van der Waals surface area contributed by atoms with Crippen molar-refractivity contribution in [2.45, 2.75) is 0 Å². The number of hydrogen-bond donors (Lipinski definition) is 2. The van der Waals surface area contributed by atoms with E-state index in [4.69, 9.17) is 9.84 Å². The minimum absolute atomic E-state index is 0.0109. The minimum atomic E-state index is -1.11. The number of nitrogens with zero attached hydrogens (tertiary/aromatic N) is 2. The predicted octanol–water partition coefficient (Wildman–Crippen LogP) is 0.970. The second-order valence-electron chi connectivity index (χ2n) is 4.10. The molecule has 1 aromatic heterocycles. The van der Waals surface area contributed by atoms with E-state index in [1.165, 1.54) is 42.9 Å². The maximum atomic E-state index is 11.7. The highest BCUT2D eigenvalue weighted by molar-refractivity contribution is 5.96. The van der Waals surface area contributed by atoms with Crippen molar-refractivity contribution in [3.05, 3.63) is 54.1 Å². The molecule has 0 saturated carbocycles. The number of carboxylic acid groups (broad SMARTS) is 1. The number of aromatic carboxylic acids is 1. The molecule has 112 valence electrons. The second kappa shape index (κ2) is 6.93. The van der Waals surface area contributed by atoms with Gasteiger partial charge in [0.05, 0.1) is 11.8 Å². The third kappa shape index (κ3) is 4.10. The summed E-state index contributed by atoms with van der Waals surface area (Å²) in [4.78, 5) is 41.5. The van der Waals surface area contributed by atoms with E-state index in [0.29, 0.717) is 5.69 Å². The average molecular weight is 301 g/mol. The summed E-state index contributed by atoms with van der Waals surface area (Å²) < 4.78 is 4.77. The molecule has 0 bridgehead atoms. The molecule has 0 radical (unpaired) electrons. The lowest BCUT2D eigenvalue weighted by molar-refractivity contribution is -0.119. The Balaban J connectivity index is 1.89. The Morgan fingerprint density at radius 3 is 2.73 bits per heavy atom. The van der Waals surface area contributed by atoms with Gasteiger partial charge < -0.3 is 15.2 Å². The van der Waals surface area contributed by atoms with Crippen molar-refractivity contribution in [2.75, 3.05) is 11.9 Å². The highest BCUT2D eigenvalue weighted by Crippen LogP contribution is 2.10. The van der Waals surface area contributed by atoms with Crippen molar-refractivity contribution in [1.82, 2.24) is 9.97 Å².